The first-order valence-electron chi connectivity index (χ1n) is 7.95. The third kappa shape index (κ3) is 2.69. The average Bonchev–Trinajstić information content (AvgIpc) is 3.13. The van der Waals surface area contributed by atoms with E-state index in [9.17, 15) is 4.79 Å². The summed E-state index contributed by atoms with van der Waals surface area (Å²) >= 11 is 0. The van der Waals surface area contributed by atoms with Gasteiger partial charge < -0.3 is 9.47 Å². The summed E-state index contributed by atoms with van der Waals surface area (Å²) < 4.78 is 12.0. The minimum atomic E-state index is -0.194. The Morgan fingerprint density at radius 1 is 1.00 bits per heavy atom. The third-order valence-corrected chi connectivity index (χ3v) is 4.10. The van der Waals surface area contributed by atoms with Gasteiger partial charge in [0.15, 0.2) is 17.1 Å². The Hall–Kier alpha value is -3.61. The Morgan fingerprint density at radius 3 is 2.58 bits per heavy atom. The molecule has 0 aliphatic heterocycles. The van der Waals surface area contributed by atoms with Gasteiger partial charge >= 0.3 is 0 Å². The molecule has 1 N–H and O–H groups in total. The molecule has 7 nitrogen and oxygen atoms in total. The van der Waals surface area contributed by atoms with Gasteiger partial charge in [-0.2, -0.15) is 0 Å². The standard InChI is InChI=1S/C19H16N4O3/c1-25-16-6-5-12(8-17(16)26-2)15-9-18-21-14(10-19(24)23(18)22-15)13-4-3-7-20-11-13/h3-11,22H,1-2H3. The molecule has 0 atom stereocenters. The van der Waals surface area contributed by atoms with Crippen molar-refractivity contribution < 1.29 is 9.47 Å². The first-order valence-corrected chi connectivity index (χ1v) is 7.95. The van der Waals surface area contributed by atoms with Gasteiger partial charge in [-0.15, -0.1) is 0 Å². The summed E-state index contributed by atoms with van der Waals surface area (Å²) in [6.45, 7) is 0. The Balaban J connectivity index is 1.84. The smallest absolute Gasteiger partial charge is 0.273 e. The number of rotatable bonds is 4. The second kappa shape index (κ2) is 6.36. The van der Waals surface area contributed by atoms with Crippen molar-refractivity contribution in [3.05, 3.63) is 65.2 Å². The van der Waals surface area contributed by atoms with E-state index >= 15 is 0 Å². The predicted octanol–water partition coefficient (Wildman–Crippen LogP) is 2.77. The van der Waals surface area contributed by atoms with Gasteiger partial charge in [0.2, 0.25) is 0 Å². The van der Waals surface area contributed by atoms with Crippen LogP contribution in [0.1, 0.15) is 0 Å². The number of aromatic nitrogens is 4. The van der Waals surface area contributed by atoms with E-state index in [4.69, 9.17) is 9.47 Å². The molecule has 1 aromatic carbocycles. The lowest BCUT2D eigenvalue weighted by molar-refractivity contribution is 0.355. The Morgan fingerprint density at radius 2 is 1.85 bits per heavy atom. The van der Waals surface area contributed by atoms with Crippen LogP contribution in [0.5, 0.6) is 11.5 Å². The fourth-order valence-corrected chi connectivity index (χ4v) is 2.80. The Bertz CT molecular complexity index is 1130. The van der Waals surface area contributed by atoms with Crippen LogP contribution < -0.4 is 15.0 Å². The zero-order chi connectivity index (χ0) is 18.1. The Labute approximate surface area is 148 Å². The maximum absolute atomic E-state index is 12.5. The summed E-state index contributed by atoms with van der Waals surface area (Å²) in [5, 5.41) is 3.08. The number of nitrogens with one attached hydrogen (secondary N) is 1. The van der Waals surface area contributed by atoms with Crippen LogP contribution >= 0.6 is 0 Å². The molecule has 130 valence electrons. The molecule has 4 rings (SSSR count). The monoisotopic (exact) mass is 348 g/mol. The van der Waals surface area contributed by atoms with Gasteiger partial charge in [0.25, 0.3) is 5.56 Å². The molecule has 0 bridgehead atoms. The lowest BCUT2D eigenvalue weighted by Crippen LogP contribution is -2.14. The van der Waals surface area contributed by atoms with E-state index in [1.807, 2.05) is 36.4 Å². The number of ether oxygens (including phenoxy) is 2. The predicted molar refractivity (Wildman–Crippen MR) is 97.6 cm³/mol. The maximum Gasteiger partial charge on any atom is 0.273 e. The highest BCUT2D eigenvalue weighted by atomic mass is 16.5. The van der Waals surface area contributed by atoms with Crippen LogP contribution in [0.2, 0.25) is 0 Å². The van der Waals surface area contributed by atoms with Crippen LogP contribution in [0, 0.1) is 0 Å². The minimum Gasteiger partial charge on any atom is -0.493 e. The highest BCUT2D eigenvalue weighted by molar-refractivity contribution is 5.69. The average molecular weight is 348 g/mol. The third-order valence-electron chi connectivity index (χ3n) is 4.10. The van der Waals surface area contributed by atoms with E-state index in [2.05, 4.69) is 15.1 Å². The lowest BCUT2D eigenvalue weighted by atomic mass is 10.1. The fraction of sp³-hybridized carbons (Fsp3) is 0.105. The van der Waals surface area contributed by atoms with E-state index < -0.39 is 0 Å². The number of pyridine rings is 1. The summed E-state index contributed by atoms with van der Waals surface area (Å²) in [5.74, 6) is 1.25. The highest BCUT2D eigenvalue weighted by Gasteiger charge is 2.11. The minimum absolute atomic E-state index is 0.194. The molecule has 26 heavy (non-hydrogen) atoms. The molecule has 0 saturated carbocycles. The molecule has 4 aromatic rings. The molecule has 3 heterocycles. The zero-order valence-electron chi connectivity index (χ0n) is 14.3. The van der Waals surface area contributed by atoms with Crippen molar-refractivity contribution in [2.24, 2.45) is 0 Å². The SMILES string of the molecule is COc1ccc(-c2cc3nc(-c4cccnc4)cc(=O)n3[nH]2)cc1OC. The molecule has 0 aliphatic carbocycles. The van der Waals surface area contributed by atoms with Gasteiger partial charge in [-0.3, -0.25) is 14.9 Å². The van der Waals surface area contributed by atoms with Crippen molar-refractivity contribution in [2.75, 3.05) is 14.2 Å². The van der Waals surface area contributed by atoms with Crippen molar-refractivity contribution in [3.8, 4) is 34.0 Å². The number of H-pyrrole nitrogens is 1. The number of methoxy groups -OCH3 is 2. The van der Waals surface area contributed by atoms with E-state index in [-0.39, 0.29) is 5.56 Å². The van der Waals surface area contributed by atoms with E-state index in [1.165, 1.54) is 10.6 Å². The molecule has 0 fully saturated rings. The summed E-state index contributed by atoms with van der Waals surface area (Å²) in [6.07, 6.45) is 3.36. The number of nitrogens with zero attached hydrogens (tertiary/aromatic N) is 3. The van der Waals surface area contributed by atoms with Crippen molar-refractivity contribution in [1.29, 1.82) is 0 Å². The van der Waals surface area contributed by atoms with Crippen molar-refractivity contribution in [2.45, 2.75) is 0 Å². The molecule has 0 spiro atoms. The summed E-state index contributed by atoms with van der Waals surface area (Å²) in [4.78, 5) is 21.1. The van der Waals surface area contributed by atoms with Crippen LogP contribution in [0.3, 0.4) is 0 Å². The molecular formula is C19H16N4O3. The van der Waals surface area contributed by atoms with Crippen LogP contribution in [0.4, 0.5) is 0 Å². The van der Waals surface area contributed by atoms with E-state index in [1.54, 1.807) is 26.6 Å². The fourth-order valence-electron chi connectivity index (χ4n) is 2.80. The van der Waals surface area contributed by atoms with Crippen LogP contribution in [0.25, 0.3) is 28.2 Å². The highest BCUT2D eigenvalue weighted by Crippen LogP contribution is 2.32. The van der Waals surface area contributed by atoms with Crippen LogP contribution in [-0.4, -0.2) is 33.8 Å². The van der Waals surface area contributed by atoms with Gasteiger partial charge in [0.1, 0.15) is 0 Å². The van der Waals surface area contributed by atoms with Gasteiger partial charge in [0, 0.05) is 35.7 Å². The normalized spacial score (nSPS) is 10.8. The summed E-state index contributed by atoms with van der Waals surface area (Å²) in [5.41, 5.74) is 3.32. The summed E-state index contributed by atoms with van der Waals surface area (Å²) in [6, 6.07) is 12.5. The molecule has 0 saturated heterocycles. The van der Waals surface area contributed by atoms with Crippen molar-refractivity contribution in [3.63, 3.8) is 0 Å². The van der Waals surface area contributed by atoms with Crippen molar-refractivity contribution in [1.82, 2.24) is 19.6 Å². The number of hydrogen-bond acceptors (Lipinski definition) is 5. The Kier molecular flexibility index (Phi) is 3.89. The van der Waals surface area contributed by atoms with Gasteiger partial charge in [-0.05, 0) is 30.3 Å². The molecule has 0 aliphatic rings. The maximum atomic E-state index is 12.5. The second-order valence-corrected chi connectivity index (χ2v) is 5.65. The number of aromatic amines is 1. The van der Waals surface area contributed by atoms with Gasteiger partial charge in [-0.25, -0.2) is 9.50 Å². The zero-order valence-corrected chi connectivity index (χ0v) is 14.3. The largest absolute Gasteiger partial charge is 0.493 e. The number of hydrogen-bond donors (Lipinski definition) is 1. The first kappa shape index (κ1) is 15.9. The molecule has 7 heteroatoms. The second-order valence-electron chi connectivity index (χ2n) is 5.65. The number of fused-ring (bicyclic) bond motifs is 1. The molecular weight excluding hydrogens is 332 g/mol. The lowest BCUT2D eigenvalue weighted by Gasteiger charge is -2.08. The van der Waals surface area contributed by atoms with Gasteiger partial charge in [-0.1, -0.05) is 0 Å². The van der Waals surface area contributed by atoms with Crippen LogP contribution in [0.15, 0.2) is 59.7 Å². The molecule has 0 unspecified atom stereocenters. The van der Waals surface area contributed by atoms with E-state index in [0.717, 1.165) is 16.8 Å². The number of benzene rings is 1. The quantitative estimate of drug-likeness (QED) is 0.613. The first-order chi connectivity index (χ1) is 12.7. The van der Waals surface area contributed by atoms with Gasteiger partial charge in [0.05, 0.1) is 25.6 Å². The van der Waals surface area contributed by atoms with Crippen LogP contribution in [-0.2, 0) is 0 Å². The summed E-state index contributed by atoms with van der Waals surface area (Å²) in [7, 11) is 3.17. The molecule has 3 aromatic heterocycles. The van der Waals surface area contributed by atoms with E-state index in [0.29, 0.717) is 22.8 Å². The van der Waals surface area contributed by atoms with Crippen molar-refractivity contribution >= 4 is 5.65 Å². The topological polar surface area (TPSA) is 81.5 Å². The molecule has 0 radical (unpaired) electrons. The molecule has 0 amide bonds.